The lowest BCUT2D eigenvalue weighted by Gasteiger charge is -2.12. The maximum Gasteiger partial charge on any atom is 0.154 e. The highest BCUT2D eigenvalue weighted by Gasteiger charge is 2.15. The first-order valence-electron chi connectivity index (χ1n) is 5.55. The number of nitrogens with one attached hydrogen (secondary N) is 1. The van der Waals surface area contributed by atoms with Crippen molar-refractivity contribution in [3.63, 3.8) is 0 Å². The van der Waals surface area contributed by atoms with E-state index in [1.54, 1.807) is 19.9 Å². The van der Waals surface area contributed by atoms with E-state index in [0.717, 1.165) is 11.3 Å². The van der Waals surface area contributed by atoms with Crippen LogP contribution in [0.15, 0.2) is 18.2 Å². The molecular formula is C12H18ClNO2S. The molecule has 0 heterocycles. The first-order chi connectivity index (χ1) is 7.84. The molecule has 0 radical (unpaired) electrons. The van der Waals surface area contributed by atoms with Crippen LogP contribution >= 0.6 is 11.6 Å². The quantitative estimate of drug-likeness (QED) is 0.899. The Bertz CT molecular complexity index is 463. The molecule has 1 N–H and O–H groups in total. The monoisotopic (exact) mass is 275 g/mol. The summed E-state index contributed by atoms with van der Waals surface area (Å²) in [4.78, 5) is 0. The van der Waals surface area contributed by atoms with Gasteiger partial charge in [-0.25, -0.2) is 8.42 Å². The zero-order valence-corrected chi connectivity index (χ0v) is 11.9. The predicted molar refractivity (Wildman–Crippen MR) is 73.6 cm³/mol. The van der Waals surface area contributed by atoms with Crippen LogP contribution < -0.4 is 5.32 Å². The minimum atomic E-state index is -3.00. The van der Waals surface area contributed by atoms with Gasteiger partial charge < -0.3 is 5.32 Å². The third-order valence-electron chi connectivity index (χ3n) is 2.63. The Morgan fingerprint density at radius 1 is 1.35 bits per heavy atom. The van der Waals surface area contributed by atoms with Crippen LogP contribution in [0.1, 0.15) is 19.4 Å². The summed E-state index contributed by atoms with van der Waals surface area (Å²) in [5.74, 6) is 0.120. The van der Waals surface area contributed by atoms with Gasteiger partial charge >= 0.3 is 0 Å². The fourth-order valence-electron chi connectivity index (χ4n) is 1.41. The van der Waals surface area contributed by atoms with Crippen LogP contribution in [-0.2, 0) is 9.84 Å². The normalized spacial score (nSPS) is 11.8. The van der Waals surface area contributed by atoms with Crippen LogP contribution in [0.5, 0.6) is 0 Å². The Morgan fingerprint density at radius 3 is 2.53 bits per heavy atom. The molecule has 5 heteroatoms. The van der Waals surface area contributed by atoms with E-state index in [1.165, 1.54) is 0 Å². The van der Waals surface area contributed by atoms with Gasteiger partial charge in [-0.1, -0.05) is 23.7 Å². The minimum Gasteiger partial charge on any atom is -0.383 e. The highest BCUT2D eigenvalue weighted by Crippen LogP contribution is 2.24. The molecule has 0 bridgehead atoms. The predicted octanol–water partition coefficient (Wildman–Crippen LogP) is 2.88. The number of rotatable bonds is 5. The summed E-state index contributed by atoms with van der Waals surface area (Å²) in [5, 5.41) is 3.36. The maximum atomic E-state index is 11.6. The molecule has 0 atom stereocenters. The summed E-state index contributed by atoms with van der Waals surface area (Å²) in [6.07, 6.45) is 0. The van der Waals surface area contributed by atoms with Crippen molar-refractivity contribution in [2.45, 2.75) is 26.0 Å². The highest BCUT2D eigenvalue weighted by molar-refractivity contribution is 7.92. The van der Waals surface area contributed by atoms with Gasteiger partial charge in [-0.15, -0.1) is 0 Å². The van der Waals surface area contributed by atoms with Crippen molar-refractivity contribution in [1.29, 1.82) is 0 Å². The lowest BCUT2D eigenvalue weighted by atomic mass is 10.2. The van der Waals surface area contributed by atoms with Gasteiger partial charge in [-0.05, 0) is 32.4 Å². The average molecular weight is 276 g/mol. The number of halogens is 1. The molecule has 1 rings (SSSR count). The first-order valence-corrected chi connectivity index (χ1v) is 7.64. The van der Waals surface area contributed by atoms with Crippen molar-refractivity contribution >= 4 is 27.1 Å². The molecule has 0 aliphatic carbocycles. The second-order valence-corrected chi connectivity index (χ2v) is 7.36. The standard InChI is InChI=1S/C12H18ClNO2S/c1-9(2)17(15,16)8-7-14-12-10(3)5-4-6-11(12)13/h4-6,9,14H,7-8H2,1-3H3. The third kappa shape index (κ3) is 3.89. The molecule has 1 aromatic rings. The molecule has 1 aromatic carbocycles. The molecule has 0 unspecified atom stereocenters. The van der Waals surface area contributed by atoms with Crippen molar-refractivity contribution in [2.75, 3.05) is 17.6 Å². The third-order valence-corrected chi connectivity index (χ3v) is 5.15. The molecule has 0 saturated carbocycles. The van der Waals surface area contributed by atoms with Crippen molar-refractivity contribution in [3.8, 4) is 0 Å². The van der Waals surface area contributed by atoms with Crippen LogP contribution in [0.3, 0.4) is 0 Å². The van der Waals surface area contributed by atoms with E-state index in [-0.39, 0.29) is 11.0 Å². The summed E-state index contributed by atoms with van der Waals surface area (Å²) >= 11 is 6.03. The van der Waals surface area contributed by atoms with Crippen molar-refractivity contribution in [1.82, 2.24) is 0 Å². The van der Waals surface area contributed by atoms with E-state index in [1.807, 2.05) is 19.1 Å². The number of anilines is 1. The molecule has 0 aliphatic rings. The summed E-state index contributed by atoms with van der Waals surface area (Å²) in [6, 6.07) is 5.59. The number of sulfone groups is 1. The van der Waals surface area contributed by atoms with Crippen LogP contribution in [0.2, 0.25) is 5.02 Å². The summed E-state index contributed by atoms with van der Waals surface area (Å²) < 4.78 is 23.2. The van der Waals surface area contributed by atoms with Crippen LogP contribution in [-0.4, -0.2) is 26.0 Å². The van der Waals surface area contributed by atoms with Crippen molar-refractivity contribution < 1.29 is 8.42 Å². The lowest BCUT2D eigenvalue weighted by molar-refractivity contribution is 0.588. The number of para-hydroxylation sites is 1. The SMILES string of the molecule is Cc1cccc(Cl)c1NCCS(=O)(=O)C(C)C. The molecule has 0 aromatic heterocycles. The molecule has 17 heavy (non-hydrogen) atoms. The van der Waals surface area contributed by atoms with E-state index in [0.29, 0.717) is 11.6 Å². The van der Waals surface area contributed by atoms with Crippen molar-refractivity contribution in [3.05, 3.63) is 28.8 Å². The maximum absolute atomic E-state index is 11.6. The molecule has 0 spiro atoms. The molecule has 3 nitrogen and oxygen atoms in total. The average Bonchev–Trinajstić information content (AvgIpc) is 2.22. The zero-order chi connectivity index (χ0) is 13.1. The van der Waals surface area contributed by atoms with Crippen LogP contribution in [0.25, 0.3) is 0 Å². The van der Waals surface area contributed by atoms with E-state index in [9.17, 15) is 8.42 Å². The Labute approximate surface area is 108 Å². The fourth-order valence-corrected chi connectivity index (χ4v) is 2.56. The van der Waals surface area contributed by atoms with E-state index in [2.05, 4.69) is 5.32 Å². The smallest absolute Gasteiger partial charge is 0.154 e. The Morgan fingerprint density at radius 2 is 2.00 bits per heavy atom. The first kappa shape index (κ1) is 14.3. The molecule has 96 valence electrons. The molecule has 0 aliphatic heterocycles. The van der Waals surface area contributed by atoms with Crippen LogP contribution in [0, 0.1) is 6.92 Å². The van der Waals surface area contributed by atoms with Gasteiger partial charge in [-0.2, -0.15) is 0 Å². The number of hydrogen-bond acceptors (Lipinski definition) is 3. The van der Waals surface area contributed by atoms with E-state index >= 15 is 0 Å². The fraction of sp³-hybridized carbons (Fsp3) is 0.500. The second-order valence-electron chi connectivity index (χ2n) is 4.27. The topological polar surface area (TPSA) is 46.2 Å². The van der Waals surface area contributed by atoms with Gasteiger partial charge in [0.25, 0.3) is 0 Å². The highest BCUT2D eigenvalue weighted by atomic mass is 35.5. The zero-order valence-electron chi connectivity index (χ0n) is 10.3. The number of aryl methyl sites for hydroxylation is 1. The van der Waals surface area contributed by atoms with Gasteiger partial charge in [0, 0.05) is 6.54 Å². The van der Waals surface area contributed by atoms with Gasteiger partial charge in [0.2, 0.25) is 0 Å². The van der Waals surface area contributed by atoms with Gasteiger partial charge in [0.15, 0.2) is 9.84 Å². The Hall–Kier alpha value is -0.740. The number of hydrogen-bond donors (Lipinski definition) is 1. The van der Waals surface area contributed by atoms with Gasteiger partial charge in [-0.3, -0.25) is 0 Å². The minimum absolute atomic E-state index is 0.120. The second kappa shape index (κ2) is 5.74. The van der Waals surface area contributed by atoms with E-state index < -0.39 is 9.84 Å². The van der Waals surface area contributed by atoms with Crippen LogP contribution in [0.4, 0.5) is 5.69 Å². The number of benzene rings is 1. The Kier molecular flexibility index (Phi) is 4.83. The molecule has 0 fully saturated rings. The molecule has 0 amide bonds. The Balaban J connectivity index is 2.64. The van der Waals surface area contributed by atoms with E-state index in [4.69, 9.17) is 11.6 Å². The largest absolute Gasteiger partial charge is 0.383 e. The lowest BCUT2D eigenvalue weighted by Crippen LogP contribution is -2.23. The molecular weight excluding hydrogens is 258 g/mol. The molecule has 0 saturated heterocycles. The van der Waals surface area contributed by atoms with Crippen molar-refractivity contribution in [2.24, 2.45) is 0 Å². The summed E-state index contributed by atoms with van der Waals surface area (Å²) in [5.41, 5.74) is 1.83. The summed E-state index contributed by atoms with van der Waals surface area (Å²) in [6.45, 7) is 5.70. The summed E-state index contributed by atoms with van der Waals surface area (Å²) in [7, 11) is -3.00. The van der Waals surface area contributed by atoms with Gasteiger partial charge in [0.1, 0.15) is 0 Å². The van der Waals surface area contributed by atoms with Gasteiger partial charge in [0.05, 0.1) is 21.7 Å².